The van der Waals surface area contributed by atoms with Gasteiger partial charge >= 0.3 is 0 Å². The molecule has 2 aromatic rings. The summed E-state index contributed by atoms with van der Waals surface area (Å²) in [6, 6.07) is 2.30. The van der Waals surface area contributed by atoms with Crippen LogP contribution in [0.4, 0.5) is 10.1 Å². The smallest absolute Gasteiger partial charge is 0.292 e. The second-order valence-corrected chi connectivity index (χ2v) is 7.40. The number of nitrogens with zero attached hydrogens (tertiary/aromatic N) is 4. The van der Waals surface area contributed by atoms with Crippen LogP contribution in [0.2, 0.25) is 0 Å². The predicted octanol–water partition coefficient (Wildman–Crippen LogP) is 1.22. The molecule has 1 fully saturated rings. The Hall–Kier alpha value is -2.08. The van der Waals surface area contributed by atoms with Crippen molar-refractivity contribution in [3.63, 3.8) is 0 Å². The zero-order valence-electron chi connectivity index (χ0n) is 13.7. The van der Waals surface area contributed by atoms with E-state index in [1.807, 2.05) is 0 Å². The van der Waals surface area contributed by atoms with Crippen molar-refractivity contribution in [3.05, 3.63) is 52.3 Å². The first-order chi connectivity index (χ1) is 11.8. The second kappa shape index (κ2) is 7.66. The topological polar surface area (TPSA) is 110 Å². The summed E-state index contributed by atoms with van der Waals surface area (Å²) in [5.74, 6) is -0.680. The molecule has 1 aromatic heterocycles. The molecule has 1 N–H and O–H groups in total. The Labute approximate surface area is 155 Å². The molecule has 0 amide bonds. The maximum Gasteiger partial charge on any atom is 0.292 e. The van der Waals surface area contributed by atoms with Gasteiger partial charge in [-0.25, -0.2) is 17.8 Å². The number of sulfonamides is 1. The van der Waals surface area contributed by atoms with Crippen LogP contribution in [0, 0.1) is 15.9 Å². The van der Waals surface area contributed by atoms with E-state index in [2.05, 4.69) is 10.3 Å². The first-order valence-electron chi connectivity index (χ1n) is 7.46. The van der Waals surface area contributed by atoms with Crippen LogP contribution in [0.5, 0.6) is 0 Å². The van der Waals surface area contributed by atoms with Gasteiger partial charge in [-0.05, 0) is 6.07 Å². The number of nitro benzene ring substituents is 1. The zero-order valence-corrected chi connectivity index (χ0v) is 15.3. The first-order valence-corrected chi connectivity index (χ1v) is 8.90. The summed E-state index contributed by atoms with van der Waals surface area (Å²) in [7, 11) is -2.72. The van der Waals surface area contributed by atoms with Crippen LogP contribution in [0.1, 0.15) is 11.9 Å². The number of aryl methyl sites for hydroxylation is 1. The van der Waals surface area contributed by atoms with Crippen LogP contribution in [-0.2, 0) is 17.1 Å². The second-order valence-electron chi connectivity index (χ2n) is 5.58. The van der Waals surface area contributed by atoms with Crippen LogP contribution in [0.3, 0.4) is 0 Å². The van der Waals surface area contributed by atoms with E-state index in [4.69, 9.17) is 0 Å². The number of hydrogen-bond acceptors (Lipinski definition) is 6. The number of imidazole rings is 1. The number of benzene rings is 1. The molecule has 1 aliphatic heterocycles. The lowest BCUT2D eigenvalue weighted by atomic mass is 10.2. The highest BCUT2D eigenvalue weighted by atomic mass is 35.5. The summed E-state index contributed by atoms with van der Waals surface area (Å²) in [6.07, 6.45) is 3.20. The molecule has 0 aliphatic carbocycles. The van der Waals surface area contributed by atoms with Gasteiger partial charge in [0.1, 0.15) is 11.6 Å². The van der Waals surface area contributed by atoms with Gasteiger partial charge in [-0.15, -0.1) is 12.4 Å². The fraction of sp³-hybridized carbons (Fsp3) is 0.357. The standard InChI is InChI=1S/C14H16FN5O4S.ClH/c1-18-7-6-17-14(18)12-9-16-5-8-19(12)25(23,24)13-10(15)3-2-4-11(13)20(21)22;/h2-4,6-7,12,16H,5,8-9H2,1H3;1H. The molecule has 1 aliphatic rings. The number of nitrogens with one attached hydrogen (secondary N) is 1. The van der Waals surface area contributed by atoms with Gasteiger partial charge in [0.05, 0.1) is 11.0 Å². The molecule has 1 aromatic carbocycles. The van der Waals surface area contributed by atoms with Crippen molar-refractivity contribution in [1.29, 1.82) is 0 Å². The van der Waals surface area contributed by atoms with Crippen LogP contribution >= 0.6 is 12.4 Å². The molecule has 0 saturated carbocycles. The van der Waals surface area contributed by atoms with E-state index in [0.717, 1.165) is 22.5 Å². The Morgan fingerprint density at radius 3 is 2.77 bits per heavy atom. The molecule has 1 atom stereocenters. The van der Waals surface area contributed by atoms with E-state index >= 15 is 0 Å². The molecular formula is C14H17ClFN5O4S. The minimum Gasteiger partial charge on any atom is -0.337 e. The van der Waals surface area contributed by atoms with Crippen molar-refractivity contribution in [1.82, 2.24) is 19.2 Å². The van der Waals surface area contributed by atoms with Crippen molar-refractivity contribution in [2.45, 2.75) is 10.9 Å². The molecule has 142 valence electrons. The highest BCUT2D eigenvalue weighted by Crippen LogP contribution is 2.34. The van der Waals surface area contributed by atoms with E-state index < -0.39 is 37.4 Å². The Morgan fingerprint density at radius 1 is 1.42 bits per heavy atom. The zero-order chi connectivity index (χ0) is 18.2. The summed E-state index contributed by atoms with van der Waals surface area (Å²) in [5.41, 5.74) is -0.780. The molecule has 1 saturated heterocycles. The van der Waals surface area contributed by atoms with Gasteiger partial charge in [-0.1, -0.05) is 6.07 Å². The van der Waals surface area contributed by atoms with Crippen molar-refractivity contribution < 1.29 is 17.7 Å². The SMILES string of the molecule is Cl.Cn1ccnc1C1CNCCN1S(=O)(=O)c1c(F)cccc1[N+](=O)[O-]. The number of aromatic nitrogens is 2. The molecule has 26 heavy (non-hydrogen) atoms. The lowest BCUT2D eigenvalue weighted by Crippen LogP contribution is -2.49. The van der Waals surface area contributed by atoms with Crippen molar-refractivity contribution in [2.75, 3.05) is 19.6 Å². The van der Waals surface area contributed by atoms with Gasteiger partial charge in [0.25, 0.3) is 15.7 Å². The molecule has 2 heterocycles. The predicted molar refractivity (Wildman–Crippen MR) is 93.0 cm³/mol. The Balaban J connectivity index is 0.00000243. The van der Waals surface area contributed by atoms with Crippen LogP contribution < -0.4 is 5.32 Å². The summed E-state index contributed by atoms with van der Waals surface area (Å²) in [6.45, 7) is 0.667. The third kappa shape index (κ3) is 3.43. The van der Waals surface area contributed by atoms with Crippen molar-refractivity contribution >= 4 is 28.1 Å². The number of halogens is 2. The normalized spacial score (nSPS) is 18.3. The first kappa shape index (κ1) is 20.2. The van der Waals surface area contributed by atoms with Gasteiger partial charge in [-0.3, -0.25) is 10.1 Å². The van der Waals surface area contributed by atoms with Gasteiger partial charge in [0.15, 0.2) is 4.90 Å². The highest BCUT2D eigenvalue weighted by molar-refractivity contribution is 7.89. The van der Waals surface area contributed by atoms with E-state index in [1.165, 1.54) is 6.20 Å². The van der Waals surface area contributed by atoms with Gasteiger partial charge in [-0.2, -0.15) is 4.31 Å². The number of nitro groups is 1. The fourth-order valence-electron chi connectivity index (χ4n) is 2.91. The molecule has 0 bridgehead atoms. The van der Waals surface area contributed by atoms with E-state index in [0.29, 0.717) is 12.4 Å². The van der Waals surface area contributed by atoms with E-state index in [-0.39, 0.29) is 25.5 Å². The monoisotopic (exact) mass is 405 g/mol. The minimum absolute atomic E-state index is 0. The molecule has 3 rings (SSSR count). The van der Waals surface area contributed by atoms with Crippen LogP contribution in [-0.4, -0.2) is 46.8 Å². The number of rotatable bonds is 4. The summed E-state index contributed by atoms with van der Waals surface area (Å²) >= 11 is 0. The van der Waals surface area contributed by atoms with E-state index in [9.17, 15) is 22.9 Å². The lowest BCUT2D eigenvalue weighted by Gasteiger charge is -2.34. The molecule has 0 spiro atoms. The van der Waals surface area contributed by atoms with E-state index in [1.54, 1.807) is 17.8 Å². The average Bonchev–Trinajstić information content (AvgIpc) is 3.00. The summed E-state index contributed by atoms with van der Waals surface area (Å²) < 4.78 is 43.1. The molecule has 0 radical (unpaired) electrons. The van der Waals surface area contributed by atoms with Gasteiger partial charge < -0.3 is 9.88 Å². The number of hydrogen-bond donors (Lipinski definition) is 1. The Kier molecular flexibility index (Phi) is 5.96. The Morgan fingerprint density at radius 2 is 2.15 bits per heavy atom. The lowest BCUT2D eigenvalue weighted by molar-refractivity contribution is -0.388. The molecular weight excluding hydrogens is 389 g/mol. The summed E-state index contributed by atoms with van der Waals surface area (Å²) in [4.78, 5) is 13.6. The van der Waals surface area contributed by atoms with Gasteiger partial charge in [0, 0.05) is 45.1 Å². The quantitative estimate of drug-likeness (QED) is 0.605. The largest absolute Gasteiger partial charge is 0.337 e. The van der Waals surface area contributed by atoms with Crippen molar-refractivity contribution in [3.8, 4) is 0 Å². The van der Waals surface area contributed by atoms with Gasteiger partial charge in [0.2, 0.25) is 0 Å². The summed E-state index contributed by atoms with van der Waals surface area (Å²) in [5, 5.41) is 14.3. The number of piperazine rings is 1. The molecule has 1 unspecified atom stereocenters. The van der Waals surface area contributed by atoms with Crippen LogP contribution in [0.15, 0.2) is 35.5 Å². The molecule has 12 heteroatoms. The fourth-order valence-corrected chi connectivity index (χ4v) is 4.70. The Bertz CT molecular complexity index is 920. The molecule has 9 nitrogen and oxygen atoms in total. The third-order valence-corrected chi connectivity index (χ3v) is 6.03. The highest BCUT2D eigenvalue weighted by Gasteiger charge is 2.41. The van der Waals surface area contributed by atoms with Crippen LogP contribution in [0.25, 0.3) is 0 Å². The maximum absolute atomic E-state index is 14.3. The maximum atomic E-state index is 14.3. The van der Waals surface area contributed by atoms with Crippen molar-refractivity contribution in [2.24, 2.45) is 7.05 Å². The minimum atomic E-state index is -4.44. The average molecular weight is 406 g/mol. The third-order valence-electron chi connectivity index (χ3n) is 4.06.